The van der Waals surface area contributed by atoms with E-state index in [-0.39, 0.29) is 24.5 Å². The van der Waals surface area contributed by atoms with Crippen LogP contribution in [-0.2, 0) is 14.3 Å². The van der Waals surface area contributed by atoms with Crippen LogP contribution in [0.3, 0.4) is 0 Å². The number of nitrogens with zero attached hydrogens (tertiary/aromatic N) is 2. The maximum absolute atomic E-state index is 11.8. The Labute approximate surface area is 114 Å². The third kappa shape index (κ3) is 3.93. The summed E-state index contributed by atoms with van der Waals surface area (Å²) in [5.41, 5.74) is 0. The summed E-state index contributed by atoms with van der Waals surface area (Å²) in [6, 6.07) is 0.231. The topological polar surface area (TPSA) is 49.9 Å². The van der Waals surface area contributed by atoms with Crippen molar-refractivity contribution >= 4 is 11.9 Å². The van der Waals surface area contributed by atoms with Crippen molar-refractivity contribution < 1.29 is 14.3 Å². The predicted molar refractivity (Wildman–Crippen MR) is 71.7 cm³/mol. The summed E-state index contributed by atoms with van der Waals surface area (Å²) >= 11 is 0. The van der Waals surface area contributed by atoms with Crippen LogP contribution in [0.2, 0.25) is 0 Å². The highest BCUT2D eigenvalue weighted by Gasteiger charge is 2.32. The fraction of sp³-hybridized carbons (Fsp3) is 0.857. The molecule has 2 heterocycles. The Morgan fingerprint density at radius 3 is 2.79 bits per heavy atom. The number of esters is 1. The quantitative estimate of drug-likeness (QED) is 0.675. The lowest BCUT2D eigenvalue weighted by Gasteiger charge is -2.24. The van der Waals surface area contributed by atoms with Gasteiger partial charge in [0.25, 0.3) is 0 Å². The van der Waals surface area contributed by atoms with Crippen LogP contribution in [0.4, 0.5) is 0 Å². The third-order valence-corrected chi connectivity index (χ3v) is 4.19. The average Bonchev–Trinajstić information content (AvgIpc) is 3.03. The molecular formula is C14H24N2O3. The van der Waals surface area contributed by atoms with Crippen LogP contribution < -0.4 is 0 Å². The largest absolute Gasteiger partial charge is 0.468 e. The van der Waals surface area contributed by atoms with E-state index >= 15 is 0 Å². The van der Waals surface area contributed by atoms with Gasteiger partial charge in [0.05, 0.1) is 7.11 Å². The number of amides is 1. The van der Waals surface area contributed by atoms with Crippen molar-refractivity contribution in [1.82, 2.24) is 9.80 Å². The molecule has 0 N–H and O–H groups in total. The number of methoxy groups -OCH3 is 1. The molecule has 2 rings (SSSR count). The van der Waals surface area contributed by atoms with Crippen molar-refractivity contribution in [1.29, 1.82) is 0 Å². The standard InChI is InChI=1S/C14H24N2O3/c1-19-14(18)11-16-12(6-7-13(16)17)5-4-10-15-8-2-3-9-15/h12H,2-11H2,1H3. The van der Waals surface area contributed by atoms with Gasteiger partial charge >= 0.3 is 5.97 Å². The van der Waals surface area contributed by atoms with Gasteiger partial charge in [-0.15, -0.1) is 0 Å². The first-order valence-electron chi connectivity index (χ1n) is 7.29. The summed E-state index contributed by atoms with van der Waals surface area (Å²) in [6.07, 6.45) is 6.20. The van der Waals surface area contributed by atoms with Gasteiger partial charge < -0.3 is 14.5 Å². The molecule has 0 aromatic carbocycles. The van der Waals surface area contributed by atoms with Crippen molar-refractivity contribution in [2.75, 3.05) is 33.3 Å². The van der Waals surface area contributed by atoms with Crippen LogP contribution in [0.25, 0.3) is 0 Å². The Morgan fingerprint density at radius 2 is 2.11 bits per heavy atom. The molecule has 1 atom stereocenters. The normalized spacial score (nSPS) is 24.2. The van der Waals surface area contributed by atoms with Gasteiger partial charge in [0.2, 0.25) is 5.91 Å². The van der Waals surface area contributed by atoms with Gasteiger partial charge in [0.15, 0.2) is 0 Å². The van der Waals surface area contributed by atoms with Crippen LogP contribution in [0.5, 0.6) is 0 Å². The van der Waals surface area contributed by atoms with Gasteiger partial charge in [-0.05, 0) is 51.7 Å². The second kappa shape index (κ2) is 6.89. The summed E-state index contributed by atoms with van der Waals surface area (Å²) in [7, 11) is 1.37. The Balaban J connectivity index is 1.74. The molecule has 0 spiro atoms. The summed E-state index contributed by atoms with van der Waals surface area (Å²) < 4.78 is 4.65. The highest BCUT2D eigenvalue weighted by atomic mass is 16.5. The lowest BCUT2D eigenvalue weighted by molar-refractivity contribution is -0.146. The molecule has 5 nitrogen and oxygen atoms in total. The highest BCUT2D eigenvalue weighted by Crippen LogP contribution is 2.23. The average molecular weight is 268 g/mol. The van der Waals surface area contributed by atoms with E-state index in [1.807, 2.05) is 0 Å². The molecule has 0 bridgehead atoms. The van der Waals surface area contributed by atoms with E-state index in [9.17, 15) is 9.59 Å². The van der Waals surface area contributed by atoms with Crippen LogP contribution in [0.1, 0.15) is 38.5 Å². The Bertz CT molecular complexity index is 327. The molecule has 2 saturated heterocycles. The molecule has 5 heteroatoms. The maximum atomic E-state index is 11.8. The minimum absolute atomic E-state index is 0.0940. The van der Waals surface area contributed by atoms with Crippen molar-refractivity contribution in [3.63, 3.8) is 0 Å². The van der Waals surface area contributed by atoms with E-state index in [0.29, 0.717) is 6.42 Å². The third-order valence-electron chi connectivity index (χ3n) is 4.19. The summed E-state index contributed by atoms with van der Waals surface area (Å²) in [5.74, 6) is -0.226. The number of hydrogen-bond acceptors (Lipinski definition) is 4. The second-order valence-corrected chi connectivity index (χ2v) is 5.48. The first kappa shape index (κ1) is 14.3. The number of rotatable bonds is 6. The van der Waals surface area contributed by atoms with Crippen LogP contribution >= 0.6 is 0 Å². The molecule has 0 aromatic heterocycles. The summed E-state index contributed by atoms with van der Waals surface area (Å²) in [6.45, 7) is 3.67. The van der Waals surface area contributed by atoms with E-state index in [0.717, 1.165) is 25.8 Å². The summed E-state index contributed by atoms with van der Waals surface area (Å²) in [4.78, 5) is 27.3. The van der Waals surface area contributed by atoms with Crippen molar-refractivity contribution in [2.24, 2.45) is 0 Å². The fourth-order valence-corrected chi connectivity index (χ4v) is 3.07. The predicted octanol–water partition coefficient (Wildman–Crippen LogP) is 1.03. The molecule has 0 radical (unpaired) electrons. The van der Waals surface area contributed by atoms with Crippen LogP contribution in [0, 0.1) is 0 Å². The van der Waals surface area contributed by atoms with E-state index in [4.69, 9.17) is 0 Å². The number of ether oxygens (including phenoxy) is 1. The Kier molecular flexibility index (Phi) is 5.19. The minimum Gasteiger partial charge on any atom is -0.468 e. The number of carbonyl (C=O) groups is 2. The van der Waals surface area contributed by atoms with Gasteiger partial charge in [-0.3, -0.25) is 9.59 Å². The number of carbonyl (C=O) groups excluding carboxylic acids is 2. The molecule has 2 fully saturated rings. The molecule has 0 saturated carbocycles. The van der Waals surface area contributed by atoms with Crippen molar-refractivity contribution in [2.45, 2.75) is 44.6 Å². The first-order valence-corrected chi connectivity index (χ1v) is 7.29. The minimum atomic E-state index is -0.320. The zero-order valence-corrected chi connectivity index (χ0v) is 11.8. The molecule has 1 amide bonds. The van der Waals surface area contributed by atoms with Crippen molar-refractivity contribution in [3.8, 4) is 0 Å². The van der Waals surface area contributed by atoms with Crippen molar-refractivity contribution in [3.05, 3.63) is 0 Å². The fourth-order valence-electron chi connectivity index (χ4n) is 3.07. The molecule has 2 aliphatic rings. The van der Waals surface area contributed by atoms with E-state index in [1.165, 1.54) is 33.0 Å². The lowest BCUT2D eigenvalue weighted by Crippen LogP contribution is -2.38. The smallest absolute Gasteiger partial charge is 0.325 e. The molecule has 19 heavy (non-hydrogen) atoms. The highest BCUT2D eigenvalue weighted by molar-refractivity contribution is 5.83. The monoisotopic (exact) mass is 268 g/mol. The molecule has 1 unspecified atom stereocenters. The Hall–Kier alpha value is -1.10. The first-order chi connectivity index (χ1) is 9.20. The van der Waals surface area contributed by atoms with Crippen LogP contribution in [-0.4, -0.2) is 61.0 Å². The van der Waals surface area contributed by atoms with E-state index in [1.54, 1.807) is 4.90 Å². The second-order valence-electron chi connectivity index (χ2n) is 5.48. The zero-order chi connectivity index (χ0) is 13.7. The molecule has 0 aliphatic carbocycles. The molecule has 0 aromatic rings. The number of likely N-dealkylation sites (tertiary alicyclic amines) is 2. The van der Waals surface area contributed by atoms with Gasteiger partial charge in [0.1, 0.15) is 6.54 Å². The van der Waals surface area contributed by atoms with Gasteiger partial charge in [-0.1, -0.05) is 0 Å². The SMILES string of the molecule is COC(=O)CN1C(=O)CCC1CCCN1CCCC1. The summed E-state index contributed by atoms with van der Waals surface area (Å²) in [5, 5.41) is 0. The maximum Gasteiger partial charge on any atom is 0.325 e. The Morgan fingerprint density at radius 1 is 1.37 bits per heavy atom. The number of hydrogen-bond donors (Lipinski definition) is 0. The van der Waals surface area contributed by atoms with Gasteiger partial charge in [-0.2, -0.15) is 0 Å². The van der Waals surface area contributed by atoms with E-state index in [2.05, 4.69) is 9.64 Å². The van der Waals surface area contributed by atoms with Crippen LogP contribution in [0.15, 0.2) is 0 Å². The van der Waals surface area contributed by atoms with E-state index < -0.39 is 0 Å². The zero-order valence-electron chi connectivity index (χ0n) is 11.8. The van der Waals surface area contributed by atoms with Gasteiger partial charge in [0, 0.05) is 12.5 Å². The molecular weight excluding hydrogens is 244 g/mol. The lowest BCUT2D eigenvalue weighted by atomic mass is 10.1. The van der Waals surface area contributed by atoms with Gasteiger partial charge in [-0.25, -0.2) is 0 Å². The molecule has 108 valence electrons. The molecule has 2 aliphatic heterocycles.